The van der Waals surface area contributed by atoms with Crippen LogP contribution >= 0.6 is 0 Å². The quantitative estimate of drug-likeness (QED) is 0.531. The average molecular weight is 198 g/mol. The number of nitrogens with two attached hydrogens (primary N) is 1. The third-order valence-electron chi connectivity index (χ3n) is 3.81. The van der Waals surface area contributed by atoms with Gasteiger partial charge in [-0.15, -0.1) is 0 Å². The van der Waals surface area contributed by atoms with E-state index in [4.69, 9.17) is 10.6 Å². The van der Waals surface area contributed by atoms with Crippen molar-refractivity contribution in [2.24, 2.45) is 17.7 Å². The zero-order valence-electron chi connectivity index (χ0n) is 8.87. The lowest BCUT2D eigenvalue weighted by atomic mass is 9.89. The molecule has 3 heteroatoms. The van der Waals surface area contributed by atoms with Gasteiger partial charge in [0.2, 0.25) is 0 Å². The molecule has 2 unspecified atom stereocenters. The molecule has 0 bridgehead atoms. The van der Waals surface area contributed by atoms with Gasteiger partial charge in [-0.3, -0.25) is 11.3 Å². The van der Waals surface area contributed by atoms with Gasteiger partial charge in [0.1, 0.15) is 0 Å². The van der Waals surface area contributed by atoms with Crippen LogP contribution < -0.4 is 11.3 Å². The van der Waals surface area contributed by atoms with Crippen LogP contribution in [0.15, 0.2) is 0 Å². The number of hydrazine groups is 1. The summed E-state index contributed by atoms with van der Waals surface area (Å²) in [5.41, 5.74) is 2.99. The molecule has 1 saturated heterocycles. The highest BCUT2D eigenvalue weighted by Gasteiger charge is 2.28. The first-order valence-corrected chi connectivity index (χ1v) is 5.94. The van der Waals surface area contributed by atoms with E-state index < -0.39 is 0 Å². The first-order chi connectivity index (χ1) is 6.90. The Labute approximate surface area is 86.4 Å². The second-order valence-electron chi connectivity index (χ2n) is 4.78. The SMILES string of the molecule is NNC(CC1CCCC1)C1CCOC1. The minimum Gasteiger partial charge on any atom is -0.381 e. The van der Waals surface area contributed by atoms with Crippen molar-refractivity contribution < 1.29 is 4.74 Å². The summed E-state index contributed by atoms with van der Waals surface area (Å²) in [6.45, 7) is 1.83. The summed E-state index contributed by atoms with van der Waals surface area (Å²) >= 11 is 0. The molecule has 0 aromatic carbocycles. The summed E-state index contributed by atoms with van der Waals surface area (Å²) in [4.78, 5) is 0. The third-order valence-corrected chi connectivity index (χ3v) is 3.81. The van der Waals surface area contributed by atoms with E-state index in [9.17, 15) is 0 Å². The van der Waals surface area contributed by atoms with E-state index in [0.717, 1.165) is 19.1 Å². The molecule has 3 N–H and O–H groups in total. The van der Waals surface area contributed by atoms with Crippen molar-refractivity contribution in [2.45, 2.75) is 44.6 Å². The van der Waals surface area contributed by atoms with Crippen molar-refractivity contribution in [1.29, 1.82) is 0 Å². The molecule has 1 aliphatic heterocycles. The number of hydrogen-bond donors (Lipinski definition) is 2. The van der Waals surface area contributed by atoms with Crippen LogP contribution in [0, 0.1) is 11.8 Å². The molecule has 0 aromatic rings. The number of hydrogen-bond acceptors (Lipinski definition) is 3. The van der Waals surface area contributed by atoms with E-state index in [-0.39, 0.29) is 0 Å². The van der Waals surface area contributed by atoms with E-state index >= 15 is 0 Å². The normalized spacial score (nSPS) is 31.1. The molecule has 0 amide bonds. The maximum Gasteiger partial charge on any atom is 0.0510 e. The summed E-state index contributed by atoms with van der Waals surface area (Å²) in [5.74, 6) is 7.19. The fourth-order valence-corrected chi connectivity index (χ4v) is 2.87. The fraction of sp³-hybridized carbons (Fsp3) is 1.00. The summed E-state index contributed by atoms with van der Waals surface area (Å²) in [6.07, 6.45) is 8.09. The van der Waals surface area contributed by atoms with Crippen molar-refractivity contribution in [1.82, 2.24) is 5.43 Å². The minimum atomic E-state index is 0.487. The molecular formula is C11H22N2O. The third kappa shape index (κ3) is 2.47. The summed E-state index contributed by atoms with van der Waals surface area (Å²) in [5, 5.41) is 0. The van der Waals surface area contributed by atoms with Gasteiger partial charge in [-0.05, 0) is 18.8 Å². The molecular weight excluding hydrogens is 176 g/mol. The zero-order chi connectivity index (χ0) is 9.80. The molecule has 0 radical (unpaired) electrons. The topological polar surface area (TPSA) is 47.3 Å². The van der Waals surface area contributed by atoms with Crippen LogP contribution in [0.4, 0.5) is 0 Å². The number of rotatable bonds is 4. The Morgan fingerprint density at radius 2 is 2.07 bits per heavy atom. The van der Waals surface area contributed by atoms with Crippen LogP contribution in [0.2, 0.25) is 0 Å². The molecule has 1 saturated carbocycles. The Morgan fingerprint density at radius 1 is 1.29 bits per heavy atom. The van der Waals surface area contributed by atoms with Crippen LogP contribution in [0.1, 0.15) is 38.5 Å². The van der Waals surface area contributed by atoms with Crippen LogP contribution in [-0.2, 0) is 4.74 Å². The predicted octanol–water partition coefficient (Wildman–Crippen LogP) is 1.44. The fourth-order valence-electron chi connectivity index (χ4n) is 2.87. The van der Waals surface area contributed by atoms with E-state index in [1.807, 2.05) is 0 Å². The Hall–Kier alpha value is -0.120. The molecule has 82 valence electrons. The van der Waals surface area contributed by atoms with Gasteiger partial charge in [-0.25, -0.2) is 0 Å². The van der Waals surface area contributed by atoms with Gasteiger partial charge in [-0.2, -0.15) is 0 Å². The summed E-state index contributed by atoms with van der Waals surface area (Å²) < 4.78 is 5.41. The second kappa shape index (κ2) is 5.10. The Kier molecular flexibility index (Phi) is 3.79. The molecule has 1 aliphatic carbocycles. The van der Waals surface area contributed by atoms with Crippen LogP contribution in [-0.4, -0.2) is 19.3 Å². The Morgan fingerprint density at radius 3 is 2.64 bits per heavy atom. The maximum atomic E-state index is 5.63. The largest absolute Gasteiger partial charge is 0.381 e. The van der Waals surface area contributed by atoms with Crippen molar-refractivity contribution in [3.8, 4) is 0 Å². The van der Waals surface area contributed by atoms with Gasteiger partial charge in [-0.1, -0.05) is 25.7 Å². The van der Waals surface area contributed by atoms with Gasteiger partial charge < -0.3 is 4.74 Å². The number of nitrogens with one attached hydrogen (secondary N) is 1. The summed E-state index contributed by atoms with van der Waals surface area (Å²) in [6, 6.07) is 0.487. The highest BCUT2D eigenvalue weighted by molar-refractivity contribution is 4.81. The molecule has 14 heavy (non-hydrogen) atoms. The molecule has 2 rings (SSSR count). The zero-order valence-corrected chi connectivity index (χ0v) is 8.87. The predicted molar refractivity (Wildman–Crippen MR) is 56.6 cm³/mol. The smallest absolute Gasteiger partial charge is 0.0510 e. The Bertz CT molecular complexity index is 163. The van der Waals surface area contributed by atoms with Crippen molar-refractivity contribution in [3.05, 3.63) is 0 Å². The van der Waals surface area contributed by atoms with E-state index in [1.165, 1.54) is 38.5 Å². The monoisotopic (exact) mass is 198 g/mol. The van der Waals surface area contributed by atoms with E-state index in [1.54, 1.807) is 0 Å². The molecule has 2 aliphatic rings. The van der Waals surface area contributed by atoms with Gasteiger partial charge in [0, 0.05) is 18.6 Å². The molecule has 2 atom stereocenters. The number of ether oxygens (including phenoxy) is 1. The molecule has 3 nitrogen and oxygen atoms in total. The van der Waals surface area contributed by atoms with Gasteiger partial charge in [0.25, 0.3) is 0 Å². The highest BCUT2D eigenvalue weighted by atomic mass is 16.5. The molecule has 1 heterocycles. The first kappa shape index (κ1) is 10.4. The molecule has 0 aromatic heterocycles. The lowest BCUT2D eigenvalue weighted by Crippen LogP contribution is -2.42. The van der Waals surface area contributed by atoms with Crippen LogP contribution in [0.3, 0.4) is 0 Å². The van der Waals surface area contributed by atoms with Crippen molar-refractivity contribution in [2.75, 3.05) is 13.2 Å². The standard InChI is InChI=1S/C11H22N2O/c12-13-11(10-5-6-14-8-10)7-9-3-1-2-4-9/h9-11,13H,1-8,12H2. The van der Waals surface area contributed by atoms with E-state index in [2.05, 4.69) is 5.43 Å². The van der Waals surface area contributed by atoms with Crippen LogP contribution in [0.5, 0.6) is 0 Å². The average Bonchev–Trinajstić information content (AvgIpc) is 2.86. The van der Waals surface area contributed by atoms with Gasteiger partial charge in [0.05, 0.1) is 6.61 Å². The second-order valence-corrected chi connectivity index (χ2v) is 4.78. The van der Waals surface area contributed by atoms with Gasteiger partial charge >= 0.3 is 0 Å². The summed E-state index contributed by atoms with van der Waals surface area (Å²) in [7, 11) is 0. The first-order valence-electron chi connectivity index (χ1n) is 5.94. The lowest BCUT2D eigenvalue weighted by Gasteiger charge is -2.24. The lowest BCUT2D eigenvalue weighted by molar-refractivity contribution is 0.171. The van der Waals surface area contributed by atoms with Crippen molar-refractivity contribution >= 4 is 0 Å². The maximum absolute atomic E-state index is 5.63. The van der Waals surface area contributed by atoms with Crippen LogP contribution in [0.25, 0.3) is 0 Å². The molecule has 0 spiro atoms. The van der Waals surface area contributed by atoms with Crippen molar-refractivity contribution in [3.63, 3.8) is 0 Å². The Balaban J connectivity index is 1.79. The highest BCUT2D eigenvalue weighted by Crippen LogP contribution is 2.31. The van der Waals surface area contributed by atoms with Gasteiger partial charge in [0.15, 0.2) is 0 Å². The van der Waals surface area contributed by atoms with E-state index in [0.29, 0.717) is 12.0 Å². The molecule has 2 fully saturated rings. The minimum absolute atomic E-state index is 0.487.